The van der Waals surface area contributed by atoms with Crippen molar-refractivity contribution in [3.05, 3.63) is 35.9 Å². The molecular weight excluding hydrogens is 390 g/mol. The fraction of sp³-hybridized carbons (Fsp3) is 0.571. The summed E-state index contributed by atoms with van der Waals surface area (Å²) >= 11 is 0. The molecule has 2 fully saturated rings. The van der Waals surface area contributed by atoms with E-state index in [-0.39, 0.29) is 31.6 Å². The maximum absolute atomic E-state index is 13.2. The van der Waals surface area contributed by atoms with Crippen molar-refractivity contribution < 1.29 is 29.1 Å². The van der Waals surface area contributed by atoms with Crippen molar-refractivity contribution in [2.45, 2.75) is 18.8 Å². The van der Waals surface area contributed by atoms with Crippen LogP contribution in [-0.2, 0) is 19.1 Å². The molecule has 0 spiro atoms. The quantitative estimate of drug-likeness (QED) is 0.408. The lowest BCUT2D eigenvalue weighted by Crippen LogP contribution is -2.53. The Bertz CT molecular complexity index is 744. The molecule has 3 amide bonds. The SMILES string of the molecule is COCCOC(=O)N1CC[C@H](C(=O)N2CC[C@H](c3ccccc3)C2)[C@@H](C(=O)NO)C1. The summed E-state index contributed by atoms with van der Waals surface area (Å²) in [5.41, 5.74) is 2.85. The molecule has 0 aromatic heterocycles. The van der Waals surface area contributed by atoms with Crippen LogP contribution in [0.3, 0.4) is 0 Å². The van der Waals surface area contributed by atoms with Crippen LogP contribution in [-0.4, -0.2) is 79.4 Å². The minimum atomic E-state index is -0.831. The van der Waals surface area contributed by atoms with E-state index < -0.39 is 23.8 Å². The van der Waals surface area contributed by atoms with E-state index in [1.54, 1.807) is 10.4 Å². The zero-order valence-electron chi connectivity index (χ0n) is 17.2. The molecule has 2 aliphatic rings. The molecule has 30 heavy (non-hydrogen) atoms. The number of carbonyl (C=O) groups is 3. The molecule has 3 rings (SSSR count). The molecule has 2 heterocycles. The lowest BCUT2D eigenvalue weighted by atomic mass is 9.84. The first kappa shape index (κ1) is 22.0. The van der Waals surface area contributed by atoms with Gasteiger partial charge in [0.2, 0.25) is 11.8 Å². The molecule has 0 aliphatic carbocycles. The molecule has 0 bridgehead atoms. The second-order valence-corrected chi connectivity index (χ2v) is 7.71. The maximum atomic E-state index is 13.2. The third-order valence-corrected chi connectivity index (χ3v) is 5.92. The number of carbonyl (C=O) groups excluding carboxylic acids is 3. The minimum absolute atomic E-state index is 0.0184. The highest BCUT2D eigenvalue weighted by Gasteiger charge is 2.43. The summed E-state index contributed by atoms with van der Waals surface area (Å²) in [4.78, 5) is 40.9. The first-order valence-corrected chi connectivity index (χ1v) is 10.2. The summed E-state index contributed by atoms with van der Waals surface area (Å²) in [6, 6.07) is 10.1. The van der Waals surface area contributed by atoms with Crippen LogP contribution in [0.2, 0.25) is 0 Å². The number of benzene rings is 1. The lowest BCUT2D eigenvalue weighted by molar-refractivity contribution is -0.147. The second kappa shape index (κ2) is 10.4. The smallest absolute Gasteiger partial charge is 0.409 e. The van der Waals surface area contributed by atoms with Gasteiger partial charge in [0.1, 0.15) is 6.61 Å². The number of ether oxygens (including phenoxy) is 2. The van der Waals surface area contributed by atoms with Gasteiger partial charge in [0.25, 0.3) is 0 Å². The van der Waals surface area contributed by atoms with Crippen molar-refractivity contribution in [2.75, 3.05) is 46.5 Å². The largest absolute Gasteiger partial charge is 0.447 e. The Kier molecular flexibility index (Phi) is 7.64. The highest BCUT2D eigenvalue weighted by atomic mass is 16.6. The summed E-state index contributed by atoms with van der Waals surface area (Å²) in [5.74, 6) is -1.91. The molecule has 2 saturated heterocycles. The zero-order valence-corrected chi connectivity index (χ0v) is 17.2. The van der Waals surface area contributed by atoms with Gasteiger partial charge in [0, 0.05) is 39.2 Å². The first-order valence-electron chi connectivity index (χ1n) is 10.2. The van der Waals surface area contributed by atoms with Crippen LogP contribution in [0.25, 0.3) is 0 Å². The van der Waals surface area contributed by atoms with Crippen LogP contribution >= 0.6 is 0 Å². The Balaban J connectivity index is 1.63. The molecule has 3 atom stereocenters. The lowest BCUT2D eigenvalue weighted by Gasteiger charge is -2.37. The fourth-order valence-corrected chi connectivity index (χ4v) is 4.26. The number of hydroxylamine groups is 1. The number of hydrogen-bond acceptors (Lipinski definition) is 6. The van der Waals surface area contributed by atoms with Crippen molar-refractivity contribution in [3.8, 4) is 0 Å². The summed E-state index contributed by atoms with van der Waals surface area (Å²) in [5, 5.41) is 9.17. The number of likely N-dealkylation sites (tertiary alicyclic amines) is 2. The van der Waals surface area contributed by atoms with Crippen LogP contribution < -0.4 is 5.48 Å². The predicted molar refractivity (Wildman–Crippen MR) is 107 cm³/mol. The van der Waals surface area contributed by atoms with Gasteiger partial charge in [-0.2, -0.15) is 0 Å². The van der Waals surface area contributed by atoms with E-state index >= 15 is 0 Å². The number of nitrogens with one attached hydrogen (secondary N) is 1. The highest BCUT2D eigenvalue weighted by Crippen LogP contribution is 2.32. The summed E-state index contributed by atoms with van der Waals surface area (Å²) in [6.07, 6.45) is 0.652. The van der Waals surface area contributed by atoms with E-state index in [2.05, 4.69) is 12.1 Å². The van der Waals surface area contributed by atoms with Crippen LogP contribution in [0.1, 0.15) is 24.3 Å². The van der Waals surface area contributed by atoms with Crippen LogP contribution in [0.5, 0.6) is 0 Å². The van der Waals surface area contributed by atoms with E-state index in [4.69, 9.17) is 14.7 Å². The summed E-state index contributed by atoms with van der Waals surface area (Å²) < 4.78 is 9.97. The molecule has 1 aromatic rings. The van der Waals surface area contributed by atoms with Crippen LogP contribution in [0.4, 0.5) is 4.79 Å². The number of hydrogen-bond donors (Lipinski definition) is 2. The van der Waals surface area contributed by atoms with E-state index in [1.165, 1.54) is 17.6 Å². The van der Waals surface area contributed by atoms with Crippen molar-refractivity contribution in [1.29, 1.82) is 0 Å². The van der Waals surface area contributed by atoms with Crippen LogP contribution in [0.15, 0.2) is 30.3 Å². The molecule has 0 saturated carbocycles. The second-order valence-electron chi connectivity index (χ2n) is 7.71. The van der Waals surface area contributed by atoms with Gasteiger partial charge in [-0.15, -0.1) is 0 Å². The molecular formula is C21H29N3O6. The highest BCUT2D eigenvalue weighted by molar-refractivity contribution is 5.88. The van der Waals surface area contributed by atoms with Crippen molar-refractivity contribution in [3.63, 3.8) is 0 Å². The standard InChI is InChI=1S/C21H29N3O6/c1-29-11-12-30-21(27)24-10-8-17(18(14-24)19(25)22-28)20(26)23-9-7-16(13-23)15-5-3-2-4-6-15/h2-6,16-18,28H,7-14H2,1H3,(H,22,25)/t16-,17-,18-/m0/s1. The van der Waals surface area contributed by atoms with Gasteiger partial charge in [-0.3, -0.25) is 14.8 Å². The monoisotopic (exact) mass is 419 g/mol. The molecule has 0 unspecified atom stereocenters. The van der Waals surface area contributed by atoms with Crippen LogP contribution in [0, 0.1) is 11.8 Å². The average Bonchev–Trinajstić information content (AvgIpc) is 3.28. The van der Waals surface area contributed by atoms with Gasteiger partial charge < -0.3 is 19.3 Å². The summed E-state index contributed by atoms with van der Waals surface area (Å²) in [6.45, 7) is 1.96. The fourth-order valence-electron chi connectivity index (χ4n) is 4.26. The van der Waals surface area contributed by atoms with Crippen molar-refractivity contribution >= 4 is 17.9 Å². The third-order valence-electron chi connectivity index (χ3n) is 5.92. The minimum Gasteiger partial charge on any atom is -0.447 e. The third kappa shape index (κ3) is 5.09. The van der Waals surface area contributed by atoms with Gasteiger partial charge in [-0.05, 0) is 18.4 Å². The van der Waals surface area contributed by atoms with E-state index in [0.717, 1.165) is 6.42 Å². The number of piperidine rings is 1. The Morgan fingerprint density at radius 2 is 1.77 bits per heavy atom. The number of methoxy groups -OCH3 is 1. The molecule has 2 N–H and O–H groups in total. The average molecular weight is 419 g/mol. The topological polar surface area (TPSA) is 108 Å². The molecule has 9 heteroatoms. The Morgan fingerprint density at radius 1 is 1.03 bits per heavy atom. The number of amides is 3. The molecule has 9 nitrogen and oxygen atoms in total. The molecule has 1 aromatic carbocycles. The van der Waals surface area contributed by atoms with E-state index in [9.17, 15) is 14.4 Å². The molecule has 0 radical (unpaired) electrons. The van der Waals surface area contributed by atoms with Crippen molar-refractivity contribution in [2.24, 2.45) is 11.8 Å². The van der Waals surface area contributed by atoms with Gasteiger partial charge in [0.15, 0.2) is 0 Å². The van der Waals surface area contributed by atoms with E-state index in [1.807, 2.05) is 18.2 Å². The Labute approximate surface area is 175 Å². The van der Waals surface area contributed by atoms with E-state index in [0.29, 0.717) is 26.1 Å². The van der Waals surface area contributed by atoms with Gasteiger partial charge in [-0.1, -0.05) is 30.3 Å². The van der Waals surface area contributed by atoms with Crippen molar-refractivity contribution in [1.82, 2.24) is 15.3 Å². The zero-order chi connectivity index (χ0) is 21.5. The van der Waals surface area contributed by atoms with Gasteiger partial charge in [-0.25, -0.2) is 10.3 Å². The van der Waals surface area contributed by atoms with Gasteiger partial charge >= 0.3 is 6.09 Å². The van der Waals surface area contributed by atoms with Gasteiger partial charge in [0.05, 0.1) is 18.4 Å². The molecule has 164 valence electrons. The summed E-state index contributed by atoms with van der Waals surface area (Å²) in [7, 11) is 1.51. The number of rotatable bonds is 6. The molecule has 2 aliphatic heterocycles. The normalized spacial score (nSPS) is 23.9. The first-order chi connectivity index (χ1) is 14.5. The Hall–Kier alpha value is -2.65. The number of nitrogens with zero attached hydrogens (tertiary/aromatic N) is 2. The maximum Gasteiger partial charge on any atom is 0.409 e. The Morgan fingerprint density at radius 3 is 2.47 bits per heavy atom. The predicted octanol–water partition coefficient (Wildman–Crippen LogP) is 1.23.